The highest BCUT2D eigenvalue weighted by molar-refractivity contribution is 5.77. The van der Waals surface area contributed by atoms with E-state index >= 15 is 0 Å². The summed E-state index contributed by atoms with van der Waals surface area (Å²) in [6, 6.07) is 3.56. The van der Waals surface area contributed by atoms with Crippen LogP contribution in [-0.4, -0.2) is 60.2 Å². The van der Waals surface area contributed by atoms with Gasteiger partial charge in [0.2, 0.25) is 5.91 Å². The van der Waals surface area contributed by atoms with E-state index in [1.165, 1.54) is 4.90 Å². The molecule has 0 saturated carbocycles. The number of ether oxygens (including phenoxy) is 2. The van der Waals surface area contributed by atoms with Crippen molar-refractivity contribution in [2.45, 2.75) is 39.3 Å². The first-order valence-corrected chi connectivity index (χ1v) is 8.21. The molecule has 0 radical (unpaired) electrons. The Bertz CT molecular complexity index is 530. The van der Waals surface area contributed by atoms with Gasteiger partial charge in [0.25, 0.3) is 0 Å². The molecule has 0 bridgehead atoms. The predicted octanol–water partition coefficient (Wildman–Crippen LogP) is 2.27. The summed E-state index contributed by atoms with van der Waals surface area (Å²) in [7, 11) is 0. The number of morpholine rings is 1. The maximum absolute atomic E-state index is 12.4. The zero-order valence-electron chi connectivity index (χ0n) is 14.6. The largest absolute Gasteiger partial charge is 0.467 e. The Labute approximate surface area is 142 Å². The smallest absolute Gasteiger partial charge is 0.410 e. The van der Waals surface area contributed by atoms with Crippen molar-refractivity contribution in [3.63, 3.8) is 0 Å². The topological polar surface area (TPSA) is 72.2 Å². The molecule has 1 saturated heterocycles. The zero-order chi connectivity index (χ0) is 17.6. The standard InChI is InChI=1S/C17H26N2O5/c1-17(2,3)24-16(21)19(13-14-5-4-10-23-14)7-6-15(20)18-8-11-22-12-9-18/h4-5,10H,6-9,11-13H2,1-3H3. The molecule has 7 nitrogen and oxygen atoms in total. The molecule has 24 heavy (non-hydrogen) atoms. The maximum Gasteiger partial charge on any atom is 0.410 e. The van der Waals surface area contributed by atoms with Gasteiger partial charge in [-0.25, -0.2) is 4.79 Å². The summed E-state index contributed by atoms with van der Waals surface area (Å²) >= 11 is 0. The summed E-state index contributed by atoms with van der Waals surface area (Å²) in [5.41, 5.74) is -0.591. The molecular formula is C17H26N2O5. The Balaban J connectivity index is 1.94. The van der Waals surface area contributed by atoms with Gasteiger partial charge in [-0.2, -0.15) is 0 Å². The van der Waals surface area contributed by atoms with E-state index in [4.69, 9.17) is 13.9 Å². The van der Waals surface area contributed by atoms with Gasteiger partial charge >= 0.3 is 6.09 Å². The molecule has 0 unspecified atom stereocenters. The lowest BCUT2D eigenvalue weighted by molar-refractivity contribution is -0.135. The van der Waals surface area contributed by atoms with Crippen molar-refractivity contribution in [3.05, 3.63) is 24.2 Å². The zero-order valence-corrected chi connectivity index (χ0v) is 14.6. The van der Waals surface area contributed by atoms with Gasteiger partial charge in [0.1, 0.15) is 11.4 Å². The number of carbonyl (C=O) groups is 2. The molecule has 1 fully saturated rings. The van der Waals surface area contributed by atoms with E-state index in [9.17, 15) is 9.59 Å². The van der Waals surface area contributed by atoms with Crippen LogP contribution in [0.3, 0.4) is 0 Å². The molecule has 1 aliphatic rings. The van der Waals surface area contributed by atoms with Gasteiger partial charge in [-0.05, 0) is 32.9 Å². The van der Waals surface area contributed by atoms with Crippen molar-refractivity contribution in [1.29, 1.82) is 0 Å². The first-order chi connectivity index (χ1) is 11.3. The number of furan rings is 1. The molecule has 2 rings (SSSR count). The Morgan fingerprint density at radius 2 is 2.00 bits per heavy atom. The van der Waals surface area contributed by atoms with Crippen LogP contribution in [0.25, 0.3) is 0 Å². The molecule has 0 N–H and O–H groups in total. The fourth-order valence-electron chi connectivity index (χ4n) is 2.35. The van der Waals surface area contributed by atoms with E-state index in [2.05, 4.69) is 0 Å². The normalized spacial score (nSPS) is 15.2. The van der Waals surface area contributed by atoms with Crippen LogP contribution in [0, 0.1) is 0 Å². The van der Waals surface area contributed by atoms with Crippen LogP contribution in [0.5, 0.6) is 0 Å². The van der Waals surface area contributed by atoms with Gasteiger partial charge in [-0.15, -0.1) is 0 Å². The number of hydrogen-bond donors (Lipinski definition) is 0. The number of amides is 2. The molecule has 2 amide bonds. The SMILES string of the molecule is CC(C)(C)OC(=O)N(CCC(=O)N1CCOCC1)Cc1ccco1. The third kappa shape index (κ3) is 5.88. The Morgan fingerprint density at radius 1 is 1.29 bits per heavy atom. The second kappa shape index (κ2) is 8.19. The van der Waals surface area contributed by atoms with Gasteiger partial charge in [0, 0.05) is 26.1 Å². The van der Waals surface area contributed by atoms with Crippen LogP contribution in [0.1, 0.15) is 33.0 Å². The Hall–Kier alpha value is -2.02. The maximum atomic E-state index is 12.4. The molecule has 1 aliphatic heterocycles. The molecule has 7 heteroatoms. The quantitative estimate of drug-likeness (QED) is 0.823. The first kappa shape index (κ1) is 18.3. The lowest BCUT2D eigenvalue weighted by Gasteiger charge is -2.29. The molecule has 0 aliphatic carbocycles. The first-order valence-electron chi connectivity index (χ1n) is 8.21. The fourth-order valence-corrected chi connectivity index (χ4v) is 2.35. The lowest BCUT2D eigenvalue weighted by Crippen LogP contribution is -2.43. The molecule has 0 spiro atoms. The minimum Gasteiger partial charge on any atom is -0.467 e. The van der Waals surface area contributed by atoms with Crippen molar-refractivity contribution in [2.24, 2.45) is 0 Å². The van der Waals surface area contributed by atoms with Crippen molar-refractivity contribution < 1.29 is 23.5 Å². The number of nitrogens with zero attached hydrogens (tertiary/aromatic N) is 2. The van der Waals surface area contributed by atoms with Gasteiger partial charge in [0.15, 0.2) is 0 Å². The van der Waals surface area contributed by atoms with E-state index < -0.39 is 11.7 Å². The van der Waals surface area contributed by atoms with E-state index in [0.29, 0.717) is 32.1 Å². The van der Waals surface area contributed by atoms with Crippen LogP contribution in [0.4, 0.5) is 4.79 Å². The molecule has 1 aromatic heterocycles. The highest BCUT2D eigenvalue weighted by Crippen LogP contribution is 2.14. The third-order valence-corrected chi connectivity index (χ3v) is 3.54. The molecule has 2 heterocycles. The minimum atomic E-state index is -0.591. The second-order valence-electron chi connectivity index (χ2n) is 6.72. The van der Waals surface area contributed by atoms with E-state index in [1.807, 2.05) is 20.8 Å². The van der Waals surface area contributed by atoms with E-state index in [1.54, 1.807) is 23.3 Å². The van der Waals surface area contributed by atoms with Crippen molar-refractivity contribution in [2.75, 3.05) is 32.8 Å². The lowest BCUT2D eigenvalue weighted by atomic mass is 10.2. The average molecular weight is 338 g/mol. The fraction of sp³-hybridized carbons (Fsp3) is 0.647. The third-order valence-electron chi connectivity index (χ3n) is 3.54. The van der Waals surface area contributed by atoms with Crippen molar-refractivity contribution in [1.82, 2.24) is 9.80 Å². The molecule has 0 atom stereocenters. The van der Waals surface area contributed by atoms with Gasteiger partial charge in [-0.3, -0.25) is 4.79 Å². The molecule has 0 aromatic carbocycles. The number of hydrogen-bond acceptors (Lipinski definition) is 5. The van der Waals surface area contributed by atoms with Crippen LogP contribution >= 0.6 is 0 Å². The van der Waals surface area contributed by atoms with Crippen LogP contribution in [-0.2, 0) is 20.8 Å². The highest BCUT2D eigenvalue weighted by Gasteiger charge is 2.25. The van der Waals surface area contributed by atoms with Crippen LogP contribution in [0.15, 0.2) is 22.8 Å². The Kier molecular flexibility index (Phi) is 6.25. The average Bonchev–Trinajstić information content (AvgIpc) is 3.03. The molecular weight excluding hydrogens is 312 g/mol. The molecule has 134 valence electrons. The van der Waals surface area contributed by atoms with Gasteiger partial charge in [0.05, 0.1) is 26.0 Å². The second-order valence-corrected chi connectivity index (χ2v) is 6.72. The van der Waals surface area contributed by atoms with Crippen LogP contribution in [0.2, 0.25) is 0 Å². The Morgan fingerprint density at radius 3 is 2.58 bits per heavy atom. The summed E-state index contributed by atoms with van der Waals surface area (Å²) in [5, 5.41) is 0. The molecule has 1 aromatic rings. The monoisotopic (exact) mass is 338 g/mol. The van der Waals surface area contributed by atoms with Crippen molar-refractivity contribution in [3.8, 4) is 0 Å². The predicted molar refractivity (Wildman–Crippen MR) is 87.4 cm³/mol. The number of rotatable bonds is 5. The summed E-state index contributed by atoms with van der Waals surface area (Å²) in [6.07, 6.45) is 1.36. The van der Waals surface area contributed by atoms with Crippen molar-refractivity contribution >= 4 is 12.0 Å². The minimum absolute atomic E-state index is 0.0197. The van der Waals surface area contributed by atoms with E-state index in [0.717, 1.165) is 0 Å². The number of carbonyl (C=O) groups excluding carboxylic acids is 2. The summed E-state index contributed by atoms with van der Waals surface area (Å²) in [5.74, 6) is 0.672. The highest BCUT2D eigenvalue weighted by atomic mass is 16.6. The summed E-state index contributed by atoms with van der Waals surface area (Å²) < 4.78 is 16.0. The van der Waals surface area contributed by atoms with Crippen LogP contribution < -0.4 is 0 Å². The summed E-state index contributed by atoms with van der Waals surface area (Å²) in [6.45, 7) is 8.33. The van der Waals surface area contributed by atoms with Gasteiger partial charge in [-0.1, -0.05) is 0 Å². The van der Waals surface area contributed by atoms with E-state index in [-0.39, 0.29) is 25.4 Å². The van der Waals surface area contributed by atoms with Gasteiger partial charge < -0.3 is 23.7 Å². The summed E-state index contributed by atoms with van der Waals surface area (Å²) in [4.78, 5) is 27.9.